The van der Waals surface area contributed by atoms with Crippen molar-refractivity contribution in [2.24, 2.45) is 0 Å². The van der Waals surface area contributed by atoms with Gasteiger partial charge in [-0.25, -0.2) is 0 Å². The molecule has 0 bridgehead atoms. The van der Waals surface area contributed by atoms with Gasteiger partial charge in [0.25, 0.3) is 0 Å². The molecule has 2 aromatic carbocycles. The molecule has 0 aliphatic carbocycles. The van der Waals surface area contributed by atoms with Crippen LogP contribution in [-0.2, 0) is 4.79 Å². The molecular formula is C20H20O3. The van der Waals surface area contributed by atoms with E-state index in [4.69, 9.17) is 9.47 Å². The molecule has 0 spiro atoms. The van der Waals surface area contributed by atoms with Crippen LogP contribution in [-0.4, -0.2) is 5.97 Å². The fraction of sp³-hybridized carbons (Fsp3) is 0.250. The molecule has 3 rings (SSSR count). The fourth-order valence-electron chi connectivity index (χ4n) is 2.98. The molecule has 3 heteroatoms. The van der Waals surface area contributed by atoms with Crippen LogP contribution in [0.15, 0.2) is 48.5 Å². The standard InChI is InChI=1S/C20H20O3/c1-4-5-15-6-11-19-18(12-15)13(2)20(23-19)16-7-9-17(10-8-16)22-14(3)21/h4-13,20H,1-3H3/t13-,20-/m0/s1. The van der Waals surface area contributed by atoms with Gasteiger partial charge < -0.3 is 9.47 Å². The maximum absolute atomic E-state index is 11.0. The molecule has 23 heavy (non-hydrogen) atoms. The summed E-state index contributed by atoms with van der Waals surface area (Å²) in [6, 6.07) is 13.8. The predicted molar refractivity (Wildman–Crippen MR) is 90.7 cm³/mol. The number of benzene rings is 2. The van der Waals surface area contributed by atoms with E-state index in [9.17, 15) is 4.79 Å². The largest absolute Gasteiger partial charge is 0.485 e. The van der Waals surface area contributed by atoms with Gasteiger partial charge in [-0.05, 0) is 42.3 Å². The highest BCUT2D eigenvalue weighted by molar-refractivity contribution is 5.69. The molecule has 1 heterocycles. The molecule has 2 atom stereocenters. The third-order valence-corrected chi connectivity index (χ3v) is 4.06. The summed E-state index contributed by atoms with van der Waals surface area (Å²) in [6.45, 7) is 5.59. The number of hydrogen-bond acceptors (Lipinski definition) is 3. The summed E-state index contributed by atoms with van der Waals surface area (Å²) < 4.78 is 11.2. The average Bonchev–Trinajstić information content (AvgIpc) is 2.85. The number of hydrogen-bond donors (Lipinski definition) is 0. The van der Waals surface area contributed by atoms with E-state index in [0.717, 1.165) is 11.3 Å². The Hall–Kier alpha value is -2.55. The maximum atomic E-state index is 11.0. The summed E-state index contributed by atoms with van der Waals surface area (Å²) in [5, 5.41) is 0. The summed E-state index contributed by atoms with van der Waals surface area (Å²) in [7, 11) is 0. The first-order chi connectivity index (χ1) is 11.1. The van der Waals surface area contributed by atoms with Crippen LogP contribution in [0.1, 0.15) is 49.5 Å². The van der Waals surface area contributed by atoms with Crippen LogP contribution in [0.4, 0.5) is 0 Å². The van der Waals surface area contributed by atoms with Gasteiger partial charge in [0.1, 0.15) is 17.6 Å². The minimum atomic E-state index is -0.313. The van der Waals surface area contributed by atoms with Crippen LogP contribution in [0, 0.1) is 0 Å². The Morgan fingerprint density at radius 3 is 2.57 bits per heavy atom. The Labute approximate surface area is 136 Å². The molecule has 1 aliphatic heterocycles. The molecule has 0 saturated carbocycles. The smallest absolute Gasteiger partial charge is 0.308 e. The van der Waals surface area contributed by atoms with E-state index < -0.39 is 0 Å². The minimum Gasteiger partial charge on any atom is -0.485 e. The van der Waals surface area contributed by atoms with Gasteiger partial charge in [0.2, 0.25) is 0 Å². The third-order valence-electron chi connectivity index (χ3n) is 4.06. The number of esters is 1. The van der Waals surface area contributed by atoms with Crippen LogP contribution in [0.2, 0.25) is 0 Å². The Morgan fingerprint density at radius 2 is 1.91 bits per heavy atom. The zero-order chi connectivity index (χ0) is 16.4. The molecule has 0 fully saturated rings. The van der Waals surface area contributed by atoms with Crippen molar-refractivity contribution in [3.8, 4) is 11.5 Å². The van der Waals surface area contributed by atoms with Crippen molar-refractivity contribution in [1.29, 1.82) is 0 Å². The van der Waals surface area contributed by atoms with Crippen LogP contribution in [0.5, 0.6) is 11.5 Å². The normalized spacial score (nSPS) is 19.4. The molecule has 0 N–H and O–H groups in total. The molecule has 1 aliphatic rings. The van der Waals surface area contributed by atoms with Crippen molar-refractivity contribution < 1.29 is 14.3 Å². The Morgan fingerprint density at radius 1 is 1.17 bits per heavy atom. The van der Waals surface area contributed by atoms with E-state index in [0.29, 0.717) is 5.75 Å². The molecule has 0 saturated heterocycles. The van der Waals surface area contributed by atoms with Crippen molar-refractivity contribution in [3.05, 3.63) is 65.2 Å². The number of carbonyl (C=O) groups is 1. The van der Waals surface area contributed by atoms with Crippen molar-refractivity contribution in [3.63, 3.8) is 0 Å². The number of carbonyl (C=O) groups excluding carboxylic acids is 1. The fourth-order valence-corrected chi connectivity index (χ4v) is 2.98. The predicted octanol–water partition coefficient (Wildman–Crippen LogP) is 4.88. The Kier molecular flexibility index (Phi) is 4.20. The van der Waals surface area contributed by atoms with Gasteiger partial charge >= 0.3 is 5.97 Å². The zero-order valence-electron chi connectivity index (χ0n) is 13.6. The molecule has 118 valence electrons. The van der Waals surface area contributed by atoms with Crippen molar-refractivity contribution >= 4 is 12.0 Å². The Balaban J connectivity index is 1.83. The summed E-state index contributed by atoms with van der Waals surface area (Å²) in [5.41, 5.74) is 3.50. The lowest BCUT2D eigenvalue weighted by Crippen LogP contribution is -2.07. The summed E-state index contributed by atoms with van der Waals surface area (Å²) >= 11 is 0. The second kappa shape index (κ2) is 6.29. The highest BCUT2D eigenvalue weighted by atomic mass is 16.5. The minimum absolute atomic E-state index is 0.0164. The maximum Gasteiger partial charge on any atom is 0.308 e. The van der Waals surface area contributed by atoms with Gasteiger partial charge in [0.15, 0.2) is 0 Å². The number of ether oxygens (including phenoxy) is 2. The summed E-state index contributed by atoms with van der Waals surface area (Å²) in [5.74, 6) is 1.46. The van der Waals surface area contributed by atoms with E-state index in [-0.39, 0.29) is 18.0 Å². The topological polar surface area (TPSA) is 35.5 Å². The van der Waals surface area contributed by atoms with Crippen molar-refractivity contribution in [1.82, 2.24) is 0 Å². The van der Waals surface area contributed by atoms with Crippen LogP contribution >= 0.6 is 0 Å². The molecule has 0 amide bonds. The highest BCUT2D eigenvalue weighted by Gasteiger charge is 2.32. The lowest BCUT2D eigenvalue weighted by molar-refractivity contribution is -0.131. The first-order valence-electron chi connectivity index (χ1n) is 7.80. The molecule has 0 unspecified atom stereocenters. The average molecular weight is 308 g/mol. The lowest BCUT2D eigenvalue weighted by Gasteiger charge is -2.16. The van der Waals surface area contributed by atoms with Crippen LogP contribution < -0.4 is 9.47 Å². The van der Waals surface area contributed by atoms with Gasteiger partial charge in [-0.2, -0.15) is 0 Å². The van der Waals surface area contributed by atoms with E-state index in [1.807, 2.05) is 31.2 Å². The lowest BCUT2D eigenvalue weighted by atomic mass is 9.92. The van der Waals surface area contributed by atoms with Crippen LogP contribution in [0.3, 0.4) is 0 Å². The second-order valence-electron chi connectivity index (χ2n) is 5.79. The van der Waals surface area contributed by atoms with Crippen LogP contribution in [0.25, 0.3) is 6.08 Å². The van der Waals surface area contributed by atoms with Crippen molar-refractivity contribution in [2.75, 3.05) is 0 Å². The third kappa shape index (κ3) is 3.14. The molecule has 3 nitrogen and oxygen atoms in total. The molecule has 0 radical (unpaired) electrons. The molecule has 2 aromatic rings. The SMILES string of the molecule is CC=Cc1ccc2c(c1)[C@H](C)[C@@H](c1ccc(OC(C)=O)cc1)O2. The second-order valence-corrected chi connectivity index (χ2v) is 5.79. The van der Waals surface area contributed by atoms with E-state index in [1.54, 1.807) is 12.1 Å². The van der Waals surface area contributed by atoms with Gasteiger partial charge in [0.05, 0.1) is 0 Å². The van der Waals surface area contributed by atoms with E-state index >= 15 is 0 Å². The molecule has 0 aromatic heterocycles. The highest BCUT2D eigenvalue weighted by Crippen LogP contribution is 2.46. The number of fused-ring (bicyclic) bond motifs is 1. The zero-order valence-corrected chi connectivity index (χ0v) is 13.6. The first kappa shape index (κ1) is 15.3. The van der Waals surface area contributed by atoms with Gasteiger partial charge in [-0.15, -0.1) is 0 Å². The number of allylic oxidation sites excluding steroid dienone is 1. The monoisotopic (exact) mass is 308 g/mol. The van der Waals surface area contributed by atoms with E-state index in [2.05, 4.69) is 25.1 Å². The van der Waals surface area contributed by atoms with Gasteiger partial charge in [-0.1, -0.05) is 37.3 Å². The van der Waals surface area contributed by atoms with E-state index in [1.165, 1.54) is 18.1 Å². The van der Waals surface area contributed by atoms with Crippen molar-refractivity contribution in [2.45, 2.75) is 32.8 Å². The Bertz CT molecular complexity index is 744. The van der Waals surface area contributed by atoms with Gasteiger partial charge in [-0.3, -0.25) is 4.79 Å². The summed E-state index contributed by atoms with van der Waals surface area (Å²) in [4.78, 5) is 11.0. The summed E-state index contributed by atoms with van der Waals surface area (Å²) in [6.07, 6.45) is 4.11. The van der Waals surface area contributed by atoms with Gasteiger partial charge in [0, 0.05) is 18.4 Å². The number of rotatable bonds is 3. The quantitative estimate of drug-likeness (QED) is 0.598. The molecular weight excluding hydrogens is 288 g/mol. The first-order valence-corrected chi connectivity index (χ1v) is 7.80.